The molecule has 1 fully saturated rings. The lowest BCUT2D eigenvalue weighted by Crippen LogP contribution is -2.44. The number of aromatic nitrogens is 2. The van der Waals surface area contributed by atoms with Gasteiger partial charge in [0, 0.05) is 26.2 Å². The van der Waals surface area contributed by atoms with Crippen LogP contribution in [0.2, 0.25) is 0 Å². The quantitative estimate of drug-likeness (QED) is 0.858. The number of piperazine rings is 1. The summed E-state index contributed by atoms with van der Waals surface area (Å²) >= 11 is 0. The first-order valence-corrected chi connectivity index (χ1v) is 5.46. The Balaban J connectivity index is 2.35. The minimum absolute atomic E-state index is 0.196. The van der Waals surface area contributed by atoms with E-state index in [9.17, 15) is 13.2 Å². The van der Waals surface area contributed by atoms with Crippen LogP contribution in [0.3, 0.4) is 0 Å². The molecule has 1 aliphatic rings. The van der Waals surface area contributed by atoms with Gasteiger partial charge in [0.1, 0.15) is 0 Å². The van der Waals surface area contributed by atoms with Crippen molar-refractivity contribution in [1.29, 1.82) is 0 Å². The van der Waals surface area contributed by atoms with Gasteiger partial charge in [0.15, 0.2) is 11.6 Å². The van der Waals surface area contributed by atoms with E-state index in [4.69, 9.17) is 4.74 Å². The van der Waals surface area contributed by atoms with Crippen LogP contribution in [0.4, 0.5) is 19.0 Å². The summed E-state index contributed by atoms with van der Waals surface area (Å²) in [6, 6.07) is 0. The number of anilines is 1. The molecule has 5 nitrogen and oxygen atoms in total. The first kappa shape index (κ1) is 12.9. The van der Waals surface area contributed by atoms with Gasteiger partial charge in [-0.2, -0.15) is 13.2 Å². The topological polar surface area (TPSA) is 50.3 Å². The van der Waals surface area contributed by atoms with Gasteiger partial charge in [-0.05, 0) is 0 Å². The van der Waals surface area contributed by atoms with Crippen molar-refractivity contribution in [1.82, 2.24) is 15.3 Å². The van der Waals surface area contributed by atoms with E-state index in [1.807, 2.05) is 0 Å². The second-order valence-electron chi connectivity index (χ2n) is 3.82. The maximum Gasteiger partial charge on any atom is 0.451 e. The summed E-state index contributed by atoms with van der Waals surface area (Å²) in [7, 11) is 1.39. The lowest BCUT2D eigenvalue weighted by Gasteiger charge is -2.29. The number of hydrogen-bond acceptors (Lipinski definition) is 5. The molecule has 0 radical (unpaired) electrons. The third-order valence-electron chi connectivity index (χ3n) is 2.63. The largest absolute Gasteiger partial charge is 0.491 e. The standard InChI is InChI=1S/C10H13F3N4O/c1-18-7-6-15-9(10(11,12)13)16-8(7)17-4-2-14-3-5-17/h6,14H,2-5H2,1H3. The van der Waals surface area contributed by atoms with Crippen LogP contribution in [0.1, 0.15) is 5.82 Å². The fourth-order valence-corrected chi connectivity index (χ4v) is 1.75. The summed E-state index contributed by atoms with van der Waals surface area (Å²) in [6.07, 6.45) is -3.48. The normalized spacial score (nSPS) is 16.8. The van der Waals surface area contributed by atoms with Crippen molar-refractivity contribution in [3.8, 4) is 5.75 Å². The van der Waals surface area contributed by atoms with E-state index in [-0.39, 0.29) is 11.6 Å². The zero-order valence-electron chi connectivity index (χ0n) is 9.79. The predicted octanol–water partition coefficient (Wildman–Crippen LogP) is 0.914. The molecular formula is C10H13F3N4O. The molecular weight excluding hydrogens is 249 g/mol. The Morgan fingerprint density at radius 3 is 2.56 bits per heavy atom. The monoisotopic (exact) mass is 262 g/mol. The Morgan fingerprint density at radius 1 is 1.33 bits per heavy atom. The van der Waals surface area contributed by atoms with Crippen molar-refractivity contribution >= 4 is 5.82 Å². The molecule has 0 aliphatic carbocycles. The van der Waals surface area contributed by atoms with E-state index in [1.54, 1.807) is 4.90 Å². The van der Waals surface area contributed by atoms with Gasteiger partial charge >= 0.3 is 6.18 Å². The molecule has 1 aromatic rings. The molecule has 0 saturated carbocycles. The Bertz CT molecular complexity index is 418. The third kappa shape index (κ3) is 2.63. The van der Waals surface area contributed by atoms with Gasteiger partial charge in [0.25, 0.3) is 0 Å². The van der Waals surface area contributed by atoms with Gasteiger partial charge in [0.05, 0.1) is 13.3 Å². The molecule has 1 N–H and O–H groups in total. The van der Waals surface area contributed by atoms with E-state index in [0.717, 1.165) is 6.20 Å². The molecule has 0 unspecified atom stereocenters. The molecule has 18 heavy (non-hydrogen) atoms. The summed E-state index contributed by atoms with van der Waals surface area (Å²) < 4.78 is 42.7. The lowest BCUT2D eigenvalue weighted by atomic mass is 10.3. The van der Waals surface area contributed by atoms with E-state index in [2.05, 4.69) is 15.3 Å². The molecule has 0 aromatic carbocycles. The number of nitrogens with zero attached hydrogens (tertiary/aromatic N) is 3. The smallest absolute Gasteiger partial charge is 0.451 e. The number of ether oxygens (including phenoxy) is 1. The van der Waals surface area contributed by atoms with E-state index < -0.39 is 12.0 Å². The van der Waals surface area contributed by atoms with Crippen molar-refractivity contribution < 1.29 is 17.9 Å². The Labute approximate surface area is 102 Å². The average Bonchev–Trinajstić information content (AvgIpc) is 2.38. The van der Waals surface area contributed by atoms with Gasteiger partial charge < -0.3 is 15.0 Å². The fraction of sp³-hybridized carbons (Fsp3) is 0.600. The minimum Gasteiger partial charge on any atom is -0.491 e. The summed E-state index contributed by atoms with van der Waals surface area (Å²) in [4.78, 5) is 8.60. The third-order valence-corrected chi connectivity index (χ3v) is 2.63. The second kappa shape index (κ2) is 4.97. The molecule has 8 heteroatoms. The maximum atomic E-state index is 12.6. The second-order valence-corrected chi connectivity index (χ2v) is 3.82. The molecule has 0 spiro atoms. The highest BCUT2D eigenvalue weighted by Gasteiger charge is 2.36. The minimum atomic E-state index is -4.55. The van der Waals surface area contributed by atoms with E-state index in [1.165, 1.54) is 7.11 Å². The maximum absolute atomic E-state index is 12.6. The predicted molar refractivity (Wildman–Crippen MR) is 58.7 cm³/mol. The van der Waals surface area contributed by atoms with Crippen molar-refractivity contribution in [3.05, 3.63) is 12.0 Å². The molecule has 0 atom stereocenters. The van der Waals surface area contributed by atoms with Crippen LogP contribution >= 0.6 is 0 Å². The lowest BCUT2D eigenvalue weighted by molar-refractivity contribution is -0.144. The number of rotatable bonds is 2. The van der Waals surface area contributed by atoms with E-state index >= 15 is 0 Å². The van der Waals surface area contributed by atoms with Crippen molar-refractivity contribution in [2.75, 3.05) is 38.2 Å². The summed E-state index contributed by atoms with van der Waals surface area (Å²) in [6.45, 7) is 2.58. The van der Waals surface area contributed by atoms with Crippen LogP contribution in [-0.4, -0.2) is 43.3 Å². The zero-order chi connectivity index (χ0) is 13.2. The summed E-state index contributed by atoms with van der Waals surface area (Å²) in [5.74, 6) is -0.692. The van der Waals surface area contributed by atoms with Crippen molar-refractivity contribution in [3.63, 3.8) is 0 Å². The van der Waals surface area contributed by atoms with Gasteiger partial charge in [-0.1, -0.05) is 0 Å². The van der Waals surface area contributed by atoms with Crippen LogP contribution in [0.25, 0.3) is 0 Å². The van der Waals surface area contributed by atoms with Crippen LogP contribution in [-0.2, 0) is 6.18 Å². The molecule has 1 aliphatic heterocycles. The molecule has 0 bridgehead atoms. The Hall–Kier alpha value is -1.57. The van der Waals surface area contributed by atoms with Crippen LogP contribution in [0.5, 0.6) is 5.75 Å². The van der Waals surface area contributed by atoms with Crippen LogP contribution in [0, 0.1) is 0 Å². The zero-order valence-corrected chi connectivity index (χ0v) is 9.79. The summed E-state index contributed by atoms with van der Waals surface area (Å²) in [5.41, 5.74) is 0. The first-order chi connectivity index (χ1) is 8.52. The SMILES string of the molecule is COc1cnc(C(F)(F)F)nc1N1CCNCC1. The van der Waals surface area contributed by atoms with Crippen molar-refractivity contribution in [2.45, 2.75) is 6.18 Å². The van der Waals surface area contributed by atoms with Gasteiger partial charge in [-0.25, -0.2) is 9.97 Å². The van der Waals surface area contributed by atoms with Crippen LogP contribution in [0.15, 0.2) is 6.20 Å². The summed E-state index contributed by atoms with van der Waals surface area (Å²) in [5, 5.41) is 3.12. The first-order valence-electron chi connectivity index (χ1n) is 5.46. The van der Waals surface area contributed by atoms with Crippen molar-refractivity contribution in [2.24, 2.45) is 0 Å². The fourth-order valence-electron chi connectivity index (χ4n) is 1.75. The molecule has 1 saturated heterocycles. The molecule has 1 aromatic heterocycles. The number of hydrogen-bond donors (Lipinski definition) is 1. The molecule has 2 rings (SSSR count). The number of halogens is 3. The van der Waals surface area contributed by atoms with Gasteiger partial charge in [0.2, 0.25) is 5.82 Å². The Kier molecular flexibility index (Phi) is 3.55. The average molecular weight is 262 g/mol. The number of methoxy groups -OCH3 is 1. The molecule has 100 valence electrons. The van der Waals surface area contributed by atoms with Gasteiger partial charge in [-0.15, -0.1) is 0 Å². The van der Waals surface area contributed by atoms with E-state index in [0.29, 0.717) is 26.2 Å². The highest BCUT2D eigenvalue weighted by atomic mass is 19.4. The van der Waals surface area contributed by atoms with Gasteiger partial charge in [-0.3, -0.25) is 0 Å². The van der Waals surface area contributed by atoms with Crippen LogP contribution < -0.4 is 15.0 Å². The molecule has 2 heterocycles. The highest BCUT2D eigenvalue weighted by molar-refractivity contribution is 5.51. The number of nitrogens with one attached hydrogen (secondary N) is 1. The number of alkyl halides is 3. The Morgan fingerprint density at radius 2 is 2.00 bits per heavy atom. The molecule has 0 amide bonds. The highest BCUT2D eigenvalue weighted by Crippen LogP contribution is 2.31.